The molecule has 0 aliphatic carbocycles. The van der Waals surface area contributed by atoms with Gasteiger partial charge in [0.25, 0.3) is 11.4 Å². The van der Waals surface area contributed by atoms with E-state index in [0.717, 1.165) is 23.8 Å². The van der Waals surface area contributed by atoms with Crippen LogP contribution in [0.25, 0.3) is 11.6 Å². The first-order valence-electron chi connectivity index (χ1n) is 9.33. The Kier molecular flexibility index (Phi) is 6.75. The molecule has 0 saturated heterocycles. The van der Waals surface area contributed by atoms with Crippen LogP contribution in [0.1, 0.15) is 21.5 Å². The number of nitro benzene ring substituents is 2. The Morgan fingerprint density at radius 3 is 2.09 bits per heavy atom. The molecule has 0 N–H and O–H groups in total. The van der Waals surface area contributed by atoms with Gasteiger partial charge in [-0.05, 0) is 29.3 Å². The van der Waals surface area contributed by atoms with Crippen LogP contribution >= 0.6 is 0 Å². The molecule has 0 aliphatic rings. The van der Waals surface area contributed by atoms with Gasteiger partial charge in [-0.1, -0.05) is 36.4 Å². The molecule has 3 rings (SSSR count). The summed E-state index contributed by atoms with van der Waals surface area (Å²) >= 11 is 0. The summed E-state index contributed by atoms with van der Waals surface area (Å²) in [7, 11) is 1.35. The third-order valence-corrected chi connectivity index (χ3v) is 4.47. The molecule has 0 unspecified atom stereocenters. The second-order valence-electron chi connectivity index (χ2n) is 6.59. The second-order valence-corrected chi connectivity index (χ2v) is 6.59. The van der Waals surface area contributed by atoms with Crippen LogP contribution in [0.15, 0.2) is 66.7 Å². The average Bonchev–Trinajstić information content (AvgIpc) is 2.83. The Morgan fingerprint density at radius 1 is 0.909 bits per heavy atom. The van der Waals surface area contributed by atoms with E-state index in [1.165, 1.54) is 13.2 Å². The normalized spacial score (nSPS) is 10.7. The fraction of sp³-hybridized carbons (Fsp3) is 0.0435. The lowest BCUT2D eigenvalue weighted by molar-refractivity contribution is -0.394. The summed E-state index contributed by atoms with van der Waals surface area (Å²) < 4.78 is 10.5. The number of hydrogen-bond acceptors (Lipinski definition) is 8. The highest BCUT2D eigenvalue weighted by Crippen LogP contribution is 2.31. The van der Waals surface area contributed by atoms with Crippen LogP contribution in [0.2, 0.25) is 0 Å². The van der Waals surface area contributed by atoms with Crippen LogP contribution in [0.5, 0.6) is 11.5 Å². The van der Waals surface area contributed by atoms with Crippen molar-refractivity contribution in [3.63, 3.8) is 0 Å². The van der Waals surface area contributed by atoms with E-state index in [0.29, 0.717) is 11.1 Å². The first kappa shape index (κ1) is 22.6. The zero-order valence-electron chi connectivity index (χ0n) is 17.1. The number of nitro groups is 2. The fourth-order valence-corrected chi connectivity index (χ4v) is 2.91. The molecule has 0 heterocycles. The van der Waals surface area contributed by atoms with E-state index in [1.54, 1.807) is 30.3 Å². The first-order valence-corrected chi connectivity index (χ1v) is 9.33. The minimum Gasteiger partial charge on any atom is -0.493 e. The zero-order chi connectivity index (χ0) is 24.0. The number of nitriles is 1. The molecule has 164 valence electrons. The van der Waals surface area contributed by atoms with Gasteiger partial charge >= 0.3 is 5.97 Å². The predicted octanol–water partition coefficient (Wildman–Crippen LogP) is 4.79. The molecule has 3 aromatic carbocycles. The van der Waals surface area contributed by atoms with Gasteiger partial charge in [0, 0.05) is 12.1 Å². The van der Waals surface area contributed by atoms with Crippen molar-refractivity contribution in [2.45, 2.75) is 0 Å². The lowest BCUT2D eigenvalue weighted by Gasteiger charge is -2.10. The fourth-order valence-electron chi connectivity index (χ4n) is 2.91. The van der Waals surface area contributed by atoms with E-state index in [4.69, 9.17) is 9.47 Å². The summed E-state index contributed by atoms with van der Waals surface area (Å²) in [5, 5.41) is 31.6. The summed E-state index contributed by atoms with van der Waals surface area (Å²) in [4.78, 5) is 33.0. The van der Waals surface area contributed by atoms with Crippen LogP contribution in [0.4, 0.5) is 11.4 Å². The van der Waals surface area contributed by atoms with Crippen molar-refractivity contribution >= 4 is 29.0 Å². The Balaban J connectivity index is 1.92. The van der Waals surface area contributed by atoms with Gasteiger partial charge in [0.15, 0.2) is 11.5 Å². The summed E-state index contributed by atoms with van der Waals surface area (Å²) in [5.74, 6) is -0.889. The minimum absolute atomic E-state index is 0.00738. The highest BCUT2D eigenvalue weighted by Gasteiger charge is 2.22. The van der Waals surface area contributed by atoms with Crippen molar-refractivity contribution in [3.8, 4) is 17.6 Å². The van der Waals surface area contributed by atoms with Crippen LogP contribution in [-0.4, -0.2) is 22.9 Å². The number of nitrogens with zero attached hydrogens (tertiary/aromatic N) is 3. The van der Waals surface area contributed by atoms with Gasteiger partial charge in [0.05, 0.1) is 40.2 Å². The van der Waals surface area contributed by atoms with E-state index in [-0.39, 0.29) is 17.1 Å². The molecule has 0 aromatic heterocycles. The average molecular weight is 445 g/mol. The monoisotopic (exact) mass is 445 g/mol. The van der Waals surface area contributed by atoms with E-state index in [1.807, 2.05) is 18.2 Å². The van der Waals surface area contributed by atoms with Gasteiger partial charge < -0.3 is 9.47 Å². The van der Waals surface area contributed by atoms with Crippen molar-refractivity contribution < 1.29 is 24.1 Å². The minimum atomic E-state index is -1.04. The SMILES string of the molecule is COc1cc(/C=C(/C#N)c2ccccc2)ccc1OC(=O)c1cc([N+](=O)[O-])cc([N+](=O)[O-])c1. The third kappa shape index (κ3) is 5.36. The maximum atomic E-state index is 12.5. The molecule has 33 heavy (non-hydrogen) atoms. The molecule has 0 fully saturated rings. The number of ether oxygens (including phenoxy) is 2. The van der Waals surface area contributed by atoms with Gasteiger partial charge in [-0.3, -0.25) is 20.2 Å². The predicted molar refractivity (Wildman–Crippen MR) is 118 cm³/mol. The highest BCUT2D eigenvalue weighted by atomic mass is 16.6. The van der Waals surface area contributed by atoms with Gasteiger partial charge in [0.1, 0.15) is 0 Å². The van der Waals surface area contributed by atoms with Crippen LogP contribution in [0.3, 0.4) is 0 Å². The van der Waals surface area contributed by atoms with Crippen molar-refractivity contribution in [2.24, 2.45) is 0 Å². The molecule has 0 amide bonds. The Bertz CT molecular complexity index is 1280. The molecule has 10 heteroatoms. The van der Waals surface area contributed by atoms with E-state index in [2.05, 4.69) is 6.07 Å². The smallest absolute Gasteiger partial charge is 0.344 e. The largest absolute Gasteiger partial charge is 0.493 e. The number of methoxy groups -OCH3 is 1. The number of non-ortho nitro benzene ring substituents is 2. The lowest BCUT2D eigenvalue weighted by atomic mass is 10.0. The van der Waals surface area contributed by atoms with Gasteiger partial charge in [0.2, 0.25) is 0 Å². The summed E-state index contributed by atoms with van der Waals surface area (Å²) in [5.41, 5.74) is 0.130. The maximum Gasteiger partial charge on any atom is 0.344 e. The summed E-state index contributed by atoms with van der Waals surface area (Å²) in [6.07, 6.45) is 1.63. The summed E-state index contributed by atoms with van der Waals surface area (Å²) in [6, 6.07) is 18.2. The standard InChI is InChI=1S/C23H15N3O7/c1-32-22-10-15(9-18(14-24)16-5-3-2-4-6-16)7-8-21(22)33-23(27)17-11-19(25(28)29)13-20(12-17)26(30)31/h2-13H,1H3/b18-9-. The van der Waals surface area contributed by atoms with Gasteiger partial charge in [-0.2, -0.15) is 5.26 Å². The van der Waals surface area contributed by atoms with Crippen molar-refractivity contribution in [2.75, 3.05) is 7.11 Å². The number of carbonyl (C=O) groups excluding carboxylic acids is 1. The molecular weight excluding hydrogens is 430 g/mol. The molecule has 0 bridgehead atoms. The van der Waals surface area contributed by atoms with E-state index in [9.17, 15) is 30.3 Å². The number of hydrogen-bond donors (Lipinski definition) is 0. The van der Waals surface area contributed by atoms with Gasteiger partial charge in [-0.25, -0.2) is 4.79 Å². The van der Waals surface area contributed by atoms with Crippen molar-refractivity contribution in [1.82, 2.24) is 0 Å². The third-order valence-electron chi connectivity index (χ3n) is 4.47. The van der Waals surface area contributed by atoms with E-state index < -0.39 is 27.2 Å². The molecule has 0 radical (unpaired) electrons. The van der Waals surface area contributed by atoms with Crippen molar-refractivity contribution in [1.29, 1.82) is 5.26 Å². The maximum absolute atomic E-state index is 12.5. The van der Waals surface area contributed by atoms with Crippen LogP contribution in [0, 0.1) is 31.6 Å². The van der Waals surface area contributed by atoms with Crippen LogP contribution < -0.4 is 9.47 Å². The lowest BCUT2D eigenvalue weighted by Crippen LogP contribution is -2.10. The molecule has 0 aliphatic heterocycles. The van der Waals surface area contributed by atoms with E-state index >= 15 is 0 Å². The second kappa shape index (κ2) is 9.84. The molecule has 0 spiro atoms. The number of carbonyl (C=O) groups is 1. The quantitative estimate of drug-likeness (QED) is 0.126. The topological polar surface area (TPSA) is 146 Å². The molecular formula is C23H15N3O7. The summed E-state index contributed by atoms with van der Waals surface area (Å²) in [6.45, 7) is 0. The highest BCUT2D eigenvalue weighted by molar-refractivity contribution is 5.93. The Morgan fingerprint density at radius 2 is 1.55 bits per heavy atom. The van der Waals surface area contributed by atoms with Crippen molar-refractivity contribution in [3.05, 3.63) is 104 Å². The Hall–Kier alpha value is -5.04. The first-order chi connectivity index (χ1) is 15.8. The Labute approximate surface area is 187 Å². The number of rotatable bonds is 7. The number of allylic oxidation sites excluding steroid dienone is 1. The van der Waals surface area contributed by atoms with Crippen LogP contribution in [-0.2, 0) is 0 Å². The zero-order valence-corrected chi connectivity index (χ0v) is 17.1. The molecule has 0 atom stereocenters. The molecule has 10 nitrogen and oxygen atoms in total. The van der Waals surface area contributed by atoms with Gasteiger partial charge in [-0.15, -0.1) is 0 Å². The number of benzene rings is 3. The number of esters is 1. The molecule has 0 saturated carbocycles. The molecule has 3 aromatic rings.